The number of amides is 3. The largest absolute Gasteiger partial charge is 0.368 e. The predicted octanol–water partition coefficient (Wildman–Crippen LogP) is 3.88. The molecule has 2 N–H and O–H groups in total. The second-order valence-electron chi connectivity index (χ2n) is 10.6. The lowest BCUT2D eigenvalue weighted by atomic mass is 10.1. The number of carbonyl (C=O) groups excluding carboxylic acids is 3. The van der Waals surface area contributed by atoms with E-state index < -0.39 is 23.4 Å². The van der Waals surface area contributed by atoms with Gasteiger partial charge in [0.1, 0.15) is 11.6 Å². The van der Waals surface area contributed by atoms with Crippen molar-refractivity contribution in [1.29, 1.82) is 5.26 Å². The maximum absolute atomic E-state index is 13.8. The van der Waals surface area contributed by atoms with Crippen LogP contribution in [0.15, 0.2) is 60.7 Å². The Hall–Kier alpha value is -4.82. The molecule has 3 aromatic rings. The van der Waals surface area contributed by atoms with Gasteiger partial charge in [0, 0.05) is 68.6 Å². The molecule has 0 bridgehead atoms. The highest BCUT2D eigenvalue weighted by Gasteiger charge is 2.25. The van der Waals surface area contributed by atoms with Crippen LogP contribution in [0.1, 0.15) is 49.5 Å². The molecule has 11 heteroatoms. The molecule has 2 aliphatic heterocycles. The third-order valence-corrected chi connectivity index (χ3v) is 7.63. The molecule has 43 heavy (non-hydrogen) atoms. The van der Waals surface area contributed by atoms with Gasteiger partial charge in [0.15, 0.2) is 0 Å². The van der Waals surface area contributed by atoms with Gasteiger partial charge in [-0.15, -0.1) is 0 Å². The summed E-state index contributed by atoms with van der Waals surface area (Å²) in [6, 6.07) is 16.3. The Bertz CT molecular complexity index is 1530. The number of carbonyl (C=O) groups is 3. The van der Waals surface area contributed by atoms with Crippen LogP contribution < -0.4 is 15.5 Å². The number of halogens is 2. The van der Waals surface area contributed by atoms with Crippen molar-refractivity contribution < 1.29 is 23.2 Å². The van der Waals surface area contributed by atoms with E-state index in [2.05, 4.69) is 10.6 Å². The minimum absolute atomic E-state index is 0.0482. The normalized spacial score (nSPS) is 15.7. The lowest BCUT2D eigenvalue weighted by Gasteiger charge is -2.27. The van der Waals surface area contributed by atoms with Crippen LogP contribution in [0.4, 0.5) is 20.2 Å². The molecule has 2 fully saturated rings. The molecule has 2 aliphatic rings. The number of nitrogens with zero attached hydrogens (tertiary/aromatic N) is 4. The van der Waals surface area contributed by atoms with Crippen LogP contribution >= 0.6 is 0 Å². The smallest absolute Gasteiger partial charge is 0.255 e. The number of rotatable bonds is 5. The number of benzene rings is 3. The number of nitriles is 1. The van der Waals surface area contributed by atoms with E-state index in [1.165, 1.54) is 0 Å². The van der Waals surface area contributed by atoms with Gasteiger partial charge in [0.05, 0.1) is 23.0 Å². The minimum atomic E-state index is -0.812. The van der Waals surface area contributed by atoms with Gasteiger partial charge < -0.3 is 25.3 Å². The Balaban J connectivity index is 1.40. The molecule has 5 rings (SSSR count). The van der Waals surface area contributed by atoms with Gasteiger partial charge in [0.25, 0.3) is 17.7 Å². The zero-order valence-corrected chi connectivity index (χ0v) is 23.6. The Morgan fingerprint density at radius 1 is 0.721 bits per heavy atom. The summed E-state index contributed by atoms with van der Waals surface area (Å²) in [7, 11) is 0. The SMILES string of the molecule is N#Cc1ccc(C(=O)Nc2cc(C(=O)N3CCCNCC3)ccc2N2CCCN(C(=O)c3cc(F)cc(F)c3)CC2)cc1. The molecule has 2 heterocycles. The van der Waals surface area contributed by atoms with E-state index in [9.17, 15) is 23.2 Å². The Morgan fingerprint density at radius 3 is 2.14 bits per heavy atom. The Kier molecular flexibility index (Phi) is 9.27. The Morgan fingerprint density at radius 2 is 1.40 bits per heavy atom. The van der Waals surface area contributed by atoms with Crippen molar-refractivity contribution in [2.45, 2.75) is 12.8 Å². The molecule has 0 saturated carbocycles. The van der Waals surface area contributed by atoms with Gasteiger partial charge in [0.2, 0.25) is 0 Å². The van der Waals surface area contributed by atoms with E-state index in [1.807, 2.05) is 11.0 Å². The van der Waals surface area contributed by atoms with Gasteiger partial charge in [-0.1, -0.05) is 0 Å². The quantitative estimate of drug-likeness (QED) is 0.470. The van der Waals surface area contributed by atoms with Crippen LogP contribution in [0.3, 0.4) is 0 Å². The van der Waals surface area contributed by atoms with Crippen LogP contribution in [-0.4, -0.2) is 79.9 Å². The van der Waals surface area contributed by atoms with Crippen molar-refractivity contribution in [3.05, 3.63) is 94.6 Å². The summed E-state index contributed by atoms with van der Waals surface area (Å²) in [6.45, 7) is 4.39. The van der Waals surface area contributed by atoms with E-state index >= 15 is 0 Å². The fourth-order valence-electron chi connectivity index (χ4n) is 5.39. The molecule has 0 aromatic heterocycles. The first-order valence-corrected chi connectivity index (χ1v) is 14.3. The van der Waals surface area contributed by atoms with Crippen molar-refractivity contribution in [1.82, 2.24) is 15.1 Å². The molecule has 0 spiro atoms. The summed E-state index contributed by atoms with van der Waals surface area (Å²) in [5.74, 6) is -2.60. The van der Waals surface area contributed by atoms with E-state index in [0.29, 0.717) is 80.3 Å². The highest BCUT2D eigenvalue weighted by atomic mass is 19.1. The summed E-state index contributed by atoms with van der Waals surface area (Å²) >= 11 is 0. The van der Waals surface area contributed by atoms with E-state index in [1.54, 1.807) is 52.3 Å². The molecule has 0 unspecified atom stereocenters. The molecule has 222 valence electrons. The molecular weight excluding hydrogens is 554 g/mol. The molecule has 2 saturated heterocycles. The standard InChI is InChI=1S/C32H32F2N6O3/c33-26-17-25(18-27(34)20-26)32(43)40-13-2-12-38(15-16-40)29-8-7-24(31(42)39-11-1-9-36-10-14-39)19-28(29)37-30(41)23-5-3-22(21-35)4-6-23/h3-8,17-20,36H,1-2,9-16H2,(H,37,41). The van der Waals surface area contributed by atoms with E-state index in [4.69, 9.17) is 5.26 Å². The summed E-state index contributed by atoms with van der Waals surface area (Å²) in [5, 5.41) is 15.3. The second kappa shape index (κ2) is 13.4. The molecule has 0 atom stereocenters. The van der Waals surface area contributed by atoms with Gasteiger partial charge in [-0.3, -0.25) is 14.4 Å². The molecule has 0 aliphatic carbocycles. The number of hydrogen-bond acceptors (Lipinski definition) is 6. The first-order valence-electron chi connectivity index (χ1n) is 14.3. The molecule has 3 amide bonds. The fraction of sp³-hybridized carbons (Fsp3) is 0.312. The van der Waals surface area contributed by atoms with Gasteiger partial charge in [-0.25, -0.2) is 8.78 Å². The fourth-order valence-corrected chi connectivity index (χ4v) is 5.39. The van der Waals surface area contributed by atoms with Crippen molar-refractivity contribution in [3.63, 3.8) is 0 Å². The first kappa shape index (κ1) is 29.7. The van der Waals surface area contributed by atoms with Crippen LogP contribution in [0.25, 0.3) is 0 Å². The topological polar surface area (TPSA) is 109 Å². The third-order valence-electron chi connectivity index (χ3n) is 7.63. The summed E-state index contributed by atoms with van der Waals surface area (Å²) in [6.07, 6.45) is 1.42. The first-order chi connectivity index (χ1) is 20.8. The average molecular weight is 587 g/mol. The zero-order valence-electron chi connectivity index (χ0n) is 23.6. The summed E-state index contributed by atoms with van der Waals surface area (Å²) < 4.78 is 27.5. The summed E-state index contributed by atoms with van der Waals surface area (Å²) in [5.41, 5.74) is 2.31. The lowest BCUT2D eigenvalue weighted by Crippen LogP contribution is -2.36. The van der Waals surface area contributed by atoms with Crippen molar-refractivity contribution in [3.8, 4) is 6.07 Å². The van der Waals surface area contributed by atoms with Crippen molar-refractivity contribution in [2.24, 2.45) is 0 Å². The van der Waals surface area contributed by atoms with Crippen LogP contribution in [-0.2, 0) is 0 Å². The van der Waals surface area contributed by atoms with Crippen LogP contribution in [0.2, 0.25) is 0 Å². The van der Waals surface area contributed by atoms with Crippen LogP contribution in [0.5, 0.6) is 0 Å². The maximum atomic E-state index is 13.8. The second-order valence-corrected chi connectivity index (χ2v) is 10.6. The molecular formula is C32H32F2N6O3. The minimum Gasteiger partial charge on any atom is -0.368 e. The predicted molar refractivity (Wildman–Crippen MR) is 158 cm³/mol. The lowest BCUT2D eigenvalue weighted by molar-refractivity contribution is 0.0758. The van der Waals surface area contributed by atoms with Crippen molar-refractivity contribution >= 4 is 29.1 Å². The number of nitrogens with one attached hydrogen (secondary N) is 2. The Labute approximate surface area is 248 Å². The maximum Gasteiger partial charge on any atom is 0.255 e. The number of hydrogen-bond donors (Lipinski definition) is 2. The van der Waals surface area contributed by atoms with Crippen molar-refractivity contribution in [2.75, 3.05) is 62.6 Å². The molecule has 0 radical (unpaired) electrons. The van der Waals surface area contributed by atoms with E-state index in [-0.39, 0.29) is 11.5 Å². The monoisotopic (exact) mass is 586 g/mol. The highest BCUT2D eigenvalue weighted by molar-refractivity contribution is 6.07. The number of anilines is 2. The molecule has 3 aromatic carbocycles. The summed E-state index contributed by atoms with van der Waals surface area (Å²) in [4.78, 5) is 45.1. The van der Waals surface area contributed by atoms with Gasteiger partial charge in [-0.05, 0) is 74.0 Å². The van der Waals surface area contributed by atoms with Gasteiger partial charge in [-0.2, -0.15) is 5.26 Å². The van der Waals surface area contributed by atoms with E-state index in [0.717, 1.165) is 31.2 Å². The average Bonchev–Trinajstić information content (AvgIpc) is 3.44. The van der Waals surface area contributed by atoms with Gasteiger partial charge >= 0.3 is 0 Å². The highest BCUT2D eigenvalue weighted by Crippen LogP contribution is 2.30. The molecule has 9 nitrogen and oxygen atoms in total. The third kappa shape index (κ3) is 7.16. The van der Waals surface area contributed by atoms with Crippen LogP contribution in [0, 0.1) is 23.0 Å². The zero-order chi connectivity index (χ0) is 30.3.